The van der Waals surface area contributed by atoms with Gasteiger partial charge in [0.15, 0.2) is 11.5 Å². The molecule has 3 atom stereocenters. The Hall–Kier alpha value is -0.970. The van der Waals surface area contributed by atoms with Crippen molar-refractivity contribution in [2.24, 2.45) is 11.8 Å². The van der Waals surface area contributed by atoms with E-state index in [-0.39, 0.29) is 0 Å². The highest BCUT2D eigenvalue weighted by Gasteiger charge is 2.47. The van der Waals surface area contributed by atoms with Crippen LogP contribution in [-0.4, -0.2) is 41.9 Å². The molecule has 1 aliphatic heterocycles. The predicted octanol–water partition coefficient (Wildman–Crippen LogP) is 4.51. The first kappa shape index (κ1) is 19.8. The molecule has 0 amide bonds. The van der Waals surface area contributed by atoms with Crippen molar-refractivity contribution in [3.63, 3.8) is 0 Å². The van der Waals surface area contributed by atoms with Gasteiger partial charge in [0.2, 0.25) is 0 Å². The monoisotopic (exact) mass is 381 g/mol. The Morgan fingerprint density at radius 2 is 1.96 bits per heavy atom. The van der Waals surface area contributed by atoms with Gasteiger partial charge in [-0.25, -0.2) is 0 Å². The quantitative estimate of drug-likeness (QED) is 0.754. The number of hydrogen-bond acceptors (Lipinski definition) is 4. The molecule has 1 saturated heterocycles. The van der Waals surface area contributed by atoms with E-state index in [9.17, 15) is 5.11 Å². The fraction of sp³-hybridized carbons (Fsp3) is 0.714. The molecule has 5 heteroatoms. The van der Waals surface area contributed by atoms with Gasteiger partial charge in [-0.05, 0) is 56.7 Å². The number of fused-ring (bicyclic) bond motifs is 1. The number of benzene rings is 1. The fourth-order valence-corrected chi connectivity index (χ4v) is 5.09. The molecular formula is C21H32ClNO3. The zero-order valence-electron chi connectivity index (χ0n) is 16.3. The van der Waals surface area contributed by atoms with Gasteiger partial charge in [-0.15, -0.1) is 0 Å². The van der Waals surface area contributed by atoms with Gasteiger partial charge in [0.05, 0.1) is 23.8 Å². The van der Waals surface area contributed by atoms with Crippen LogP contribution >= 0.6 is 11.6 Å². The minimum absolute atomic E-state index is 0.394. The van der Waals surface area contributed by atoms with Crippen molar-refractivity contribution >= 4 is 11.6 Å². The summed E-state index contributed by atoms with van der Waals surface area (Å²) in [5, 5.41) is 11.6. The molecule has 0 unspecified atom stereocenters. The van der Waals surface area contributed by atoms with E-state index in [0.717, 1.165) is 50.2 Å². The lowest BCUT2D eigenvalue weighted by molar-refractivity contribution is -0.0613. The Morgan fingerprint density at radius 1 is 1.19 bits per heavy atom. The molecule has 1 aromatic rings. The highest BCUT2D eigenvalue weighted by Crippen LogP contribution is 2.45. The van der Waals surface area contributed by atoms with E-state index in [2.05, 4.69) is 11.8 Å². The fourth-order valence-electron chi connectivity index (χ4n) is 4.80. The van der Waals surface area contributed by atoms with Gasteiger partial charge in [0.1, 0.15) is 0 Å². The molecular weight excluding hydrogens is 350 g/mol. The summed E-state index contributed by atoms with van der Waals surface area (Å²) in [6.45, 7) is 10.0. The highest BCUT2D eigenvalue weighted by molar-refractivity contribution is 6.32. The van der Waals surface area contributed by atoms with Gasteiger partial charge in [0, 0.05) is 25.6 Å². The third kappa shape index (κ3) is 3.97. The minimum Gasteiger partial charge on any atom is -0.490 e. The van der Waals surface area contributed by atoms with E-state index in [4.69, 9.17) is 21.1 Å². The number of rotatable bonds is 7. The van der Waals surface area contributed by atoms with Crippen LogP contribution < -0.4 is 9.47 Å². The van der Waals surface area contributed by atoms with Gasteiger partial charge < -0.3 is 14.6 Å². The first-order chi connectivity index (χ1) is 12.5. The van der Waals surface area contributed by atoms with Crippen LogP contribution in [0.2, 0.25) is 5.02 Å². The highest BCUT2D eigenvalue weighted by atomic mass is 35.5. The van der Waals surface area contributed by atoms with Crippen molar-refractivity contribution in [1.29, 1.82) is 0 Å². The number of aliphatic hydroxyl groups is 1. The maximum absolute atomic E-state index is 11.0. The van der Waals surface area contributed by atoms with Crippen molar-refractivity contribution in [2.45, 2.75) is 58.6 Å². The van der Waals surface area contributed by atoms with Crippen LogP contribution in [0.15, 0.2) is 12.1 Å². The van der Waals surface area contributed by atoms with E-state index in [1.165, 1.54) is 6.42 Å². The molecule has 0 aromatic heterocycles. The van der Waals surface area contributed by atoms with Gasteiger partial charge in [-0.3, -0.25) is 4.90 Å². The zero-order valence-corrected chi connectivity index (χ0v) is 17.0. The SMILES string of the molecule is CCOc1cc(CN2C[C@H]3CCC[C@](O)(CC)[C@H]3C2)cc(Cl)c1OCC. The maximum atomic E-state index is 11.0. The largest absolute Gasteiger partial charge is 0.490 e. The Balaban J connectivity index is 1.75. The summed E-state index contributed by atoms with van der Waals surface area (Å²) in [6, 6.07) is 4.04. The minimum atomic E-state index is -0.482. The van der Waals surface area contributed by atoms with Crippen LogP contribution in [0.1, 0.15) is 52.0 Å². The van der Waals surface area contributed by atoms with Crippen molar-refractivity contribution in [3.05, 3.63) is 22.7 Å². The molecule has 0 radical (unpaired) electrons. The number of hydrogen-bond donors (Lipinski definition) is 1. The van der Waals surface area contributed by atoms with Gasteiger partial charge in [-0.2, -0.15) is 0 Å². The molecule has 2 fully saturated rings. The van der Waals surface area contributed by atoms with Crippen molar-refractivity contribution in [2.75, 3.05) is 26.3 Å². The molecule has 1 saturated carbocycles. The third-order valence-corrected chi connectivity index (χ3v) is 6.35. The second kappa shape index (κ2) is 8.37. The average molecular weight is 382 g/mol. The van der Waals surface area contributed by atoms with Gasteiger partial charge in [-0.1, -0.05) is 24.9 Å². The summed E-state index contributed by atoms with van der Waals surface area (Å²) >= 11 is 6.46. The summed E-state index contributed by atoms with van der Waals surface area (Å²) in [5.41, 5.74) is 0.658. The Labute approximate surface area is 162 Å². The topological polar surface area (TPSA) is 41.9 Å². The standard InChI is InChI=1S/C21H32ClNO3/c1-4-21(24)9-7-8-16-13-23(14-17(16)21)12-15-10-18(22)20(26-6-3)19(11-15)25-5-2/h10-11,16-17,24H,4-9,12-14H2,1-3H3/t16-,17+,21-/m1/s1. The van der Waals surface area contributed by atoms with E-state index < -0.39 is 5.60 Å². The molecule has 146 valence electrons. The molecule has 3 rings (SSSR count). The number of halogens is 1. The molecule has 0 spiro atoms. The van der Waals surface area contributed by atoms with Crippen molar-refractivity contribution in [1.82, 2.24) is 4.90 Å². The molecule has 1 heterocycles. The third-order valence-electron chi connectivity index (χ3n) is 6.07. The van der Waals surface area contributed by atoms with Crippen LogP contribution in [0.5, 0.6) is 11.5 Å². The summed E-state index contributed by atoms with van der Waals surface area (Å²) in [4.78, 5) is 2.46. The predicted molar refractivity (Wildman–Crippen MR) is 105 cm³/mol. The molecule has 2 aliphatic rings. The van der Waals surface area contributed by atoms with E-state index in [1.54, 1.807) is 0 Å². The number of ether oxygens (including phenoxy) is 2. The lowest BCUT2D eigenvalue weighted by Gasteiger charge is -2.40. The Bertz CT molecular complexity index is 624. The van der Waals surface area contributed by atoms with E-state index in [1.807, 2.05) is 26.0 Å². The van der Waals surface area contributed by atoms with Crippen LogP contribution in [-0.2, 0) is 6.54 Å². The normalized spacial score (nSPS) is 28.8. The average Bonchev–Trinajstić information content (AvgIpc) is 3.02. The van der Waals surface area contributed by atoms with E-state index in [0.29, 0.717) is 35.8 Å². The van der Waals surface area contributed by atoms with Crippen molar-refractivity contribution in [3.8, 4) is 11.5 Å². The smallest absolute Gasteiger partial charge is 0.179 e. The van der Waals surface area contributed by atoms with Crippen LogP contribution in [0.3, 0.4) is 0 Å². The number of likely N-dealkylation sites (tertiary alicyclic amines) is 1. The van der Waals surface area contributed by atoms with Crippen LogP contribution in [0.4, 0.5) is 0 Å². The van der Waals surface area contributed by atoms with Gasteiger partial charge in [0.25, 0.3) is 0 Å². The second-order valence-electron chi connectivity index (χ2n) is 7.68. The van der Waals surface area contributed by atoms with E-state index >= 15 is 0 Å². The zero-order chi connectivity index (χ0) is 18.7. The van der Waals surface area contributed by atoms with Crippen molar-refractivity contribution < 1.29 is 14.6 Å². The van der Waals surface area contributed by atoms with Crippen LogP contribution in [0.25, 0.3) is 0 Å². The molecule has 1 N–H and O–H groups in total. The molecule has 1 aromatic carbocycles. The second-order valence-corrected chi connectivity index (χ2v) is 8.09. The first-order valence-corrected chi connectivity index (χ1v) is 10.4. The molecule has 1 aliphatic carbocycles. The molecule has 26 heavy (non-hydrogen) atoms. The Morgan fingerprint density at radius 3 is 2.65 bits per heavy atom. The number of nitrogens with zero attached hydrogens (tertiary/aromatic N) is 1. The van der Waals surface area contributed by atoms with Gasteiger partial charge >= 0.3 is 0 Å². The first-order valence-electron chi connectivity index (χ1n) is 10.0. The summed E-state index contributed by atoms with van der Waals surface area (Å²) < 4.78 is 11.4. The molecule has 0 bridgehead atoms. The summed E-state index contributed by atoms with van der Waals surface area (Å²) in [7, 11) is 0. The summed E-state index contributed by atoms with van der Waals surface area (Å²) in [6.07, 6.45) is 4.17. The summed E-state index contributed by atoms with van der Waals surface area (Å²) in [5.74, 6) is 2.36. The maximum Gasteiger partial charge on any atom is 0.179 e. The molecule has 4 nitrogen and oxygen atoms in total. The lowest BCUT2D eigenvalue weighted by Crippen LogP contribution is -2.44. The Kier molecular flexibility index (Phi) is 6.37. The van der Waals surface area contributed by atoms with Crippen LogP contribution in [0, 0.1) is 11.8 Å². The lowest BCUT2D eigenvalue weighted by atomic mass is 9.69.